The van der Waals surface area contributed by atoms with Crippen molar-refractivity contribution in [3.8, 4) is 0 Å². The minimum atomic E-state index is -0.356. The van der Waals surface area contributed by atoms with Gasteiger partial charge in [-0.15, -0.1) is 0 Å². The molecule has 0 unspecified atom stereocenters. The Kier molecular flexibility index (Phi) is 4.11. The SMILES string of the molecule is COC(C)(C)CC(=O)N1CCN[C@H](C)C1. The maximum atomic E-state index is 11.9. The molecule has 1 heterocycles. The number of rotatable bonds is 3. The second-order valence-electron chi connectivity index (χ2n) is 4.84. The Morgan fingerprint density at radius 2 is 2.27 bits per heavy atom. The predicted octanol–water partition coefficient (Wildman–Crippen LogP) is 0.622. The molecule has 0 saturated carbocycles. The van der Waals surface area contributed by atoms with Crippen molar-refractivity contribution in [1.82, 2.24) is 10.2 Å². The van der Waals surface area contributed by atoms with Gasteiger partial charge < -0.3 is 15.0 Å². The molecule has 0 aliphatic carbocycles. The maximum absolute atomic E-state index is 11.9. The Morgan fingerprint density at radius 3 is 2.80 bits per heavy atom. The molecule has 1 fully saturated rings. The molecule has 1 amide bonds. The number of piperazine rings is 1. The van der Waals surface area contributed by atoms with Crippen LogP contribution in [-0.4, -0.2) is 49.2 Å². The van der Waals surface area contributed by atoms with Crippen LogP contribution in [0.5, 0.6) is 0 Å². The molecule has 1 aliphatic rings. The maximum Gasteiger partial charge on any atom is 0.225 e. The van der Waals surface area contributed by atoms with E-state index in [2.05, 4.69) is 12.2 Å². The molecule has 0 spiro atoms. The van der Waals surface area contributed by atoms with Crippen LogP contribution in [0.2, 0.25) is 0 Å². The van der Waals surface area contributed by atoms with E-state index in [1.54, 1.807) is 7.11 Å². The molecule has 4 nitrogen and oxygen atoms in total. The van der Waals surface area contributed by atoms with E-state index in [4.69, 9.17) is 4.74 Å². The first-order valence-corrected chi connectivity index (χ1v) is 5.51. The lowest BCUT2D eigenvalue weighted by Crippen LogP contribution is -2.52. The predicted molar refractivity (Wildman–Crippen MR) is 59.7 cm³/mol. The van der Waals surface area contributed by atoms with Crippen LogP contribution in [-0.2, 0) is 9.53 Å². The fourth-order valence-corrected chi connectivity index (χ4v) is 1.71. The van der Waals surface area contributed by atoms with Crippen molar-refractivity contribution in [3.63, 3.8) is 0 Å². The van der Waals surface area contributed by atoms with E-state index < -0.39 is 0 Å². The van der Waals surface area contributed by atoms with Crippen LogP contribution in [0.25, 0.3) is 0 Å². The first-order chi connectivity index (χ1) is 6.94. The fraction of sp³-hybridized carbons (Fsp3) is 0.909. The van der Waals surface area contributed by atoms with Gasteiger partial charge in [0.05, 0.1) is 12.0 Å². The van der Waals surface area contributed by atoms with Gasteiger partial charge in [-0.2, -0.15) is 0 Å². The number of hydrogen-bond donors (Lipinski definition) is 1. The van der Waals surface area contributed by atoms with E-state index >= 15 is 0 Å². The molecule has 0 aromatic carbocycles. The van der Waals surface area contributed by atoms with Gasteiger partial charge in [0.15, 0.2) is 0 Å². The summed E-state index contributed by atoms with van der Waals surface area (Å²) in [5, 5.41) is 3.32. The first-order valence-electron chi connectivity index (χ1n) is 5.51. The summed E-state index contributed by atoms with van der Waals surface area (Å²) in [6.07, 6.45) is 0.455. The largest absolute Gasteiger partial charge is 0.378 e. The highest BCUT2D eigenvalue weighted by Crippen LogP contribution is 2.15. The number of nitrogens with one attached hydrogen (secondary N) is 1. The van der Waals surface area contributed by atoms with E-state index in [0.717, 1.165) is 19.6 Å². The number of carbonyl (C=O) groups excluding carboxylic acids is 1. The van der Waals surface area contributed by atoms with Crippen molar-refractivity contribution in [2.75, 3.05) is 26.7 Å². The van der Waals surface area contributed by atoms with Gasteiger partial charge in [0.2, 0.25) is 5.91 Å². The summed E-state index contributed by atoms with van der Waals surface area (Å²) in [7, 11) is 1.65. The van der Waals surface area contributed by atoms with Crippen molar-refractivity contribution in [1.29, 1.82) is 0 Å². The molecule has 4 heteroatoms. The summed E-state index contributed by atoms with van der Waals surface area (Å²) in [5.74, 6) is 0.190. The summed E-state index contributed by atoms with van der Waals surface area (Å²) < 4.78 is 5.26. The van der Waals surface area contributed by atoms with Gasteiger partial charge in [0.25, 0.3) is 0 Å². The van der Waals surface area contributed by atoms with Crippen molar-refractivity contribution in [3.05, 3.63) is 0 Å². The van der Waals surface area contributed by atoms with Gasteiger partial charge in [0, 0.05) is 32.8 Å². The molecule has 1 N–H and O–H groups in total. The lowest BCUT2D eigenvalue weighted by atomic mass is 10.0. The van der Waals surface area contributed by atoms with Crippen LogP contribution in [0.4, 0.5) is 0 Å². The first kappa shape index (κ1) is 12.5. The van der Waals surface area contributed by atoms with Crippen LogP contribution in [0.15, 0.2) is 0 Å². The monoisotopic (exact) mass is 214 g/mol. The standard InChI is InChI=1S/C11H22N2O2/c1-9-8-13(6-5-12-9)10(14)7-11(2,3)15-4/h9,12H,5-8H2,1-4H3/t9-/m1/s1. The number of amides is 1. The van der Waals surface area contributed by atoms with E-state index in [1.165, 1.54) is 0 Å². The Balaban J connectivity index is 2.46. The van der Waals surface area contributed by atoms with Crippen molar-refractivity contribution in [2.24, 2.45) is 0 Å². The van der Waals surface area contributed by atoms with Crippen LogP contribution in [0.3, 0.4) is 0 Å². The third-order valence-corrected chi connectivity index (χ3v) is 2.85. The Labute approximate surface area is 92.0 Å². The van der Waals surface area contributed by atoms with E-state index in [9.17, 15) is 4.79 Å². The highest BCUT2D eigenvalue weighted by Gasteiger charge is 2.26. The molecular weight excluding hydrogens is 192 g/mol. The zero-order valence-electron chi connectivity index (χ0n) is 10.2. The molecule has 0 aromatic heterocycles. The molecule has 0 radical (unpaired) electrons. The van der Waals surface area contributed by atoms with Gasteiger partial charge in [-0.25, -0.2) is 0 Å². The van der Waals surface area contributed by atoms with E-state index in [-0.39, 0.29) is 11.5 Å². The number of carbonyl (C=O) groups is 1. The third-order valence-electron chi connectivity index (χ3n) is 2.85. The minimum absolute atomic E-state index is 0.190. The average molecular weight is 214 g/mol. The summed E-state index contributed by atoms with van der Waals surface area (Å²) in [6.45, 7) is 8.48. The Bertz CT molecular complexity index is 229. The average Bonchev–Trinajstić information content (AvgIpc) is 2.17. The van der Waals surface area contributed by atoms with Crippen molar-refractivity contribution in [2.45, 2.75) is 38.8 Å². The lowest BCUT2D eigenvalue weighted by molar-refractivity contribution is -0.137. The fourth-order valence-electron chi connectivity index (χ4n) is 1.71. The molecule has 88 valence electrons. The zero-order valence-corrected chi connectivity index (χ0v) is 10.2. The Hall–Kier alpha value is -0.610. The topological polar surface area (TPSA) is 41.6 Å². The summed E-state index contributed by atoms with van der Waals surface area (Å²) in [5.41, 5.74) is -0.356. The van der Waals surface area contributed by atoms with Gasteiger partial charge in [0.1, 0.15) is 0 Å². The second kappa shape index (κ2) is 4.94. The summed E-state index contributed by atoms with van der Waals surface area (Å²) in [4.78, 5) is 13.9. The lowest BCUT2D eigenvalue weighted by Gasteiger charge is -2.34. The van der Waals surface area contributed by atoms with E-state index in [1.807, 2.05) is 18.7 Å². The molecule has 15 heavy (non-hydrogen) atoms. The molecule has 1 atom stereocenters. The third kappa shape index (κ3) is 3.80. The van der Waals surface area contributed by atoms with Crippen molar-refractivity contribution >= 4 is 5.91 Å². The molecule has 1 aliphatic heterocycles. The highest BCUT2D eigenvalue weighted by molar-refractivity contribution is 5.77. The second-order valence-corrected chi connectivity index (χ2v) is 4.84. The van der Waals surface area contributed by atoms with E-state index in [0.29, 0.717) is 12.5 Å². The quantitative estimate of drug-likeness (QED) is 0.749. The molecule has 0 aromatic rings. The number of hydrogen-bond acceptors (Lipinski definition) is 3. The minimum Gasteiger partial charge on any atom is -0.378 e. The smallest absolute Gasteiger partial charge is 0.225 e. The van der Waals surface area contributed by atoms with Crippen LogP contribution < -0.4 is 5.32 Å². The van der Waals surface area contributed by atoms with Crippen LogP contribution in [0, 0.1) is 0 Å². The van der Waals surface area contributed by atoms with Gasteiger partial charge >= 0.3 is 0 Å². The Morgan fingerprint density at radius 1 is 1.60 bits per heavy atom. The van der Waals surface area contributed by atoms with Crippen molar-refractivity contribution < 1.29 is 9.53 Å². The molecule has 0 bridgehead atoms. The van der Waals surface area contributed by atoms with Crippen LogP contribution >= 0.6 is 0 Å². The number of ether oxygens (including phenoxy) is 1. The number of methoxy groups -OCH3 is 1. The summed E-state index contributed by atoms with van der Waals surface area (Å²) in [6, 6.07) is 0.397. The molecular formula is C11H22N2O2. The van der Waals surface area contributed by atoms with Gasteiger partial charge in [-0.3, -0.25) is 4.79 Å². The molecule has 1 rings (SSSR count). The molecule has 1 saturated heterocycles. The zero-order chi connectivity index (χ0) is 11.5. The van der Waals surface area contributed by atoms with Gasteiger partial charge in [-0.05, 0) is 20.8 Å². The highest BCUT2D eigenvalue weighted by atomic mass is 16.5. The van der Waals surface area contributed by atoms with Gasteiger partial charge in [-0.1, -0.05) is 0 Å². The normalized spacial score (nSPS) is 22.9. The summed E-state index contributed by atoms with van der Waals surface area (Å²) >= 11 is 0. The number of nitrogens with zero attached hydrogens (tertiary/aromatic N) is 1. The van der Waals surface area contributed by atoms with Crippen LogP contribution in [0.1, 0.15) is 27.2 Å².